The second-order valence-electron chi connectivity index (χ2n) is 11.8. The van der Waals surface area contributed by atoms with Crippen molar-refractivity contribution in [2.24, 2.45) is 0 Å². The van der Waals surface area contributed by atoms with Gasteiger partial charge in [-0.1, -0.05) is 115 Å². The van der Waals surface area contributed by atoms with E-state index in [0.29, 0.717) is 0 Å². The van der Waals surface area contributed by atoms with Crippen LogP contribution in [0.2, 0.25) is 0 Å². The zero-order valence-electron chi connectivity index (χ0n) is 25.1. The smallest absolute Gasteiger partial charge is 0.136 e. The van der Waals surface area contributed by atoms with Gasteiger partial charge in [0.05, 0.1) is 0 Å². The Morgan fingerprint density at radius 2 is 0.870 bits per heavy atom. The van der Waals surface area contributed by atoms with Crippen molar-refractivity contribution in [3.8, 4) is 22.3 Å². The number of anilines is 3. The fourth-order valence-corrected chi connectivity index (χ4v) is 6.72. The molecule has 0 unspecified atom stereocenters. The van der Waals surface area contributed by atoms with Crippen LogP contribution < -0.4 is 4.90 Å². The van der Waals surface area contributed by atoms with E-state index in [-0.39, 0.29) is 0 Å². The van der Waals surface area contributed by atoms with Crippen molar-refractivity contribution in [2.45, 2.75) is 0 Å². The zero-order chi connectivity index (χ0) is 30.5. The molecule has 0 amide bonds. The summed E-state index contributed by atoms with van der Waals surface area (Å²) in [6, 6.07) is 62.7. The Labute approximate surface area is 267 Å². The molecule has 1 aromatic heterocycles. The van der Waals surface area contributed by atoms with E-state index < -0.39 is 0 Å². The first kappa shape index (κ1) is 26.3. The average Bonchev–Trinajstić information content (AvgIpc) is 3.51. The summed E-state index contributed by atoms with van der Waals surface area (Å²) in [6.45, 7) is 0. The maximum atomic E-state index is 6.35. The van der Waals surface area contributed by atoms with Crippen LogP contribution in [0.5, 0.6) is 0 Å². The zero-order valence-corrected chi connectivity index (χ0v) is 25.1. The Bertz CT molecular complexity index is 2510. The molecular formula is C44H29NO. The predicted octanol–water partition coefficient (Wildman–Crippen LogP) is 12.7. The van der Waals surface area contributed by atoms with Gasteiger partial charge in [0.2, 0.25) is 0 Å². The van der Waals surface area contributed by atoms with Gasteiger partial charge in [0.15, 0.2) is 0 Å². The molecule has 2 nitrogen and oxygen atoms in total. The SMILES string of the molecule is c1ccc(N(c2ccc(-c3ccc4ccccc4c3)cc2)c2ccc(-c3ccc4c(c3)oc3ccc5ccccc5c34)cc2)cc1. The normalized spacial score (nSPS) is 11.5. The number of nitrogens with zero attached hydrogens (tertiary/aromatic N) is 1. The van der Waals surface area contributed by atoms with Crippen LogP contribution in [0.1, 0.15) is 0 Å². The molecular weight excluding hydrogens is 558 g/mol. The van der Waals surface area contributed by atoms with Crippen LogP contribution in [-0.2, 0) is 0 Å². The highest BCUT2D eigenvalue weighted by molar-refractivity contribution is 6.19. The van der Waals surface area contributed by atoms with Gasteiger partial charge in [-0.15, -0.1) is 0 Å². The highest BCUT2D eigenvalue weighted by atomic mass is 16.3. The summed E-state index contributed by atoms with van der Waals surface area (Å²) in [5.41, 5.74) is 9.86. The van der Waals surface area contributed by atoms with Crippen LogP contribution in [0.15, 0.2) is 180 Å². The fraction of sp³-hybridized carbons (Fsp3) is 0. The molecule has 0 saturated heterocycles. The standard InChI is InChI=1S/C44H29NO/c1-2-11-37(12-3-1)45(38-22-16-31(17-23-38)35-15-14-30-8-4-5-10-34(30)28-35)39-24-18-32(19-25-39)36-20-26-41-43(29-36)46-42-27-21-33-9-6-7-13-40(33)44(41)42/h1-29H. The van der Waals surface area contributed by atoms with E-state index in [1.54, 1.807) is 0 Å². The number of hydrogen-bond donors (Lipinski definition) is 0. The Kier molecular flexibility index (Phi) is 6.17. The maximum Gasteiger partial charge on any atom is 0.136 e. The monoisotopic (exact) mass is 587 g/mol. The molecule has 216 valence electrons. The molecule has 0 N–H and O–H groups in total. The minimum Gasteiger partial charge on any atom is -0.456 e. The van der Waals surface area contributed by atoms with Gasteiger partial charge in [0.1, 0.15) is 11.2 Å². The number of para-hydroxylation sites is 1. The average molecular weight is 588 g/mol. The van der Waals surface area contributed by atoms with E-state index >= 15 is 0 Å². The van der Waals surface area contributed by atoms with Gasteiger partial charge < -0.3 is 9.32 Å². The second-order valence-corrected chi connectivity index (χ2v) is 11.8. The van der Waals surface area contributed by atoms with Crippen molar-refractivity contribution < 1.29 is 4.42 Å². The first-order valence-corrected chi connectivity index (χ1v) is 15.7. The van der Waals surface area contributed by atoms with Gasteiger partial charge in [0, 0.05) is 27.8 Å². The van der Waals surface area contributed by atoms with E-state index in [1.807, 2.05) is 0 Å². The molecule has 0 aliphatic heterocycles. The molecule has 0 saturated carbocycles. The summed E-state index contributed by atoms with van der Waals surface area (Å²) >= 11 is 0. The molecule has 0 bridgehead atoms. The van der Waals surface area contributed by atoms with Crippen LogP contribution in [0, 0.1) is 0 Å². The second kappa shape index (κ2) is 10.8. The molecule has 0 aliphatic carbocycles. The fourth-order valence-electron chi connectivity index (χ4n) is 6.72. The summed E-state index contributed by atoms with van der Waals surface area (Å²) < 4.78 is 6.35. The topological polar surface area (TPSA) is 16.4 Å². The molecule has 9 aromatic rings. The van der Waals surface area contributed by atoms with Crippen LogP contribution in [-0.4, -0.2) is 0 Å². The van der Waals surface area contributed by atoms with E-state index in [0.717, 1.165) is 44.7 Å². The first-order valence-electron chi connectivity index (χ1n) is 15.7. The van der Waals surface area contributed by atoms with Crippen LogP contribution in [0.3, 0.4) is 0 Å². The summed E-state index contributed by atoms with van der Waals surface area (Å²) in [7, 11) is 0. The molecule has 0 aliphatic rings. The number of benzene rings is 8. The van der Waals surface area contributed by atoms with Crippen molar-refractivity contribution in [2.75, 3.05) is 4.90 Å². The summed E-state index contributed by atoms with van der Waals surface area (Å²) in [6.07, 6.45) is 0. The van der Waals surface area contributed by atoms with Crippen molar-refractivity contribution in [1.29, 1.82) is 0 Å². The van der Waals surface area contributed by atoms with Crippen LogP contribution in [0.25, 0.3) is 65.7 Å². The van der Waals surface area contributed by atoms with Gasteiger partial charge in [0.25, 0.3) is 0 Å². The van der Waals surface area contributed by atoms with Crippen molar-refractivity contribution in [1.82, 2.24) is 0 Å². The Hall–Kier alpha value is -6.12. The predicted molar refractivity (Wildman–Crippen MR) is 194 cm³/mol. The third kappa shape index (κ3) is 4.51. The molecule has 0 spiro atoms. The summed E-state index contributed by atoms with van der Waals surface area (Å²) in [5, 5.41) is 7.29. The van der Waals surface area contributed by atoms with Gasteiger partial charge in [-0.3, -0.25) is 0 Å². The van der Waals surface area contributed by atoms with Crippen molar-refractivity contribution in [3.63, 3.8) is 0 Å². The molecule has 0 fully saturated rings. The number of rotatable bonds is 5. The largest absolute Gasteiger partial charge is 0.456 e. The third-order valence-corrected chi connectivity index (χ3v) is 9.04. The van der Waals surface area contributed by atoms with E-state index in [9.17, 15) is 0 Å². The number of furan rings is 1. The molecule has 8 aromatic carbocycles. The van der Waals surface area contributed by atoms with Crippen molar-refractivity contribution in [3.05, 3.63) is 176 Å². The minimum absolute atomic E-state index is 0.908. The molecule has 1 heterocycles. The van der Waals surface area contributed by atoms with Gasteiger partial charge in [-0.2, -0.15) is 0 Å². The van der Waals surface area contributed by atoms with Gasteiger partial charge in [-0.25, -0.2) is 0 Å². The molecule has 0 radical (unpaired) electrons. The minimum atomic E-state index is 0.908. The highest BCUT2D eigenvalue weighted by Crippen LogP contribution is 2.39. The Morgan fingerprint density at radius 3 is 1.61 bits per heavy atom. The lowest BCUT2D eigenvalue weighted by Gasteiger charge is -2.26. The first-order chi connectivity index (χ1) is 22.8. The lowest BCUT2D eigenvalue weighted by atomic mass is 10.00. The quantitative estimate of drug-likeness (QED) is 0.199. The van der Waals surface area contributed by atoms with Crippen LogP contribution in [0.4, 0.5) is 17.1 Å². The van der Waals surface area contributed by atoms with E-state index in [4.69, 9.17) is 4.42 Å². The maximum absolute atomic E-state index is 6.35. The highest BCUT2D eigenvalue weighted by Gasteiger charge is 2.15. The summed E-state index contributed by atoms with van der Waals surface area (Å²) in [4.78, 5) is 2.31. The lowest BCUT2D eigenvalue weighted by Crippen LogP contribution is -2.09. The number of fused-ring (bicyclic) bond motifs is 6. The van der Waals surface area contributed by atoms with E-state index in [2.05, 4.69) is 181 Å². The molecule has 46 heavy (non-hydrogen) atoms. The Morgan fingerprint density at radius 1 is 0.326 bits per heavy atom. The van der Waals surface area contributed by atoms with Crippen LogP contribution >= 0.6 is 0 Å². The Balaban J connectivity index is 1.06. The lowest BCUT2D eigenvalue weighted by molar-refractivity contribution is 0.669. The summed E-state index contributed by atoms with van der Waals surface area (Å²) in [5.74, 6) is 0. The number of hydrogen-bond acceptors (Lipinski definition) is 2. The molecule has 9 rings (SSSR count). The third-order valence-electron chi connectivity index (χ3n) is 9.04. The van der Waals surface area contributed by atoms with Crippen molar-refractivity contribution >= 4 is 60.5 Å². The van der Waals surface area contributed by atoms with E-state index in [1.165, 1.54) is 38.1 Å². The van der Waals surface area contributed by atoms with Gasteiger partial charge in [-0.05, 0) is 104 Å². The molecule has 2 heteroatoms. The molecule has 0 atom stereocenters. The van der Waals surface area contributed by atoms with Gasteiger partial charge >= 0.3 is 0 Å².